The standard InChI is InChI=1S/C24H20FN3O5/c1-31-19-6-2-4-15-12-18(24(30)32-20(15)19)23(29)28-11-3-5-16(13-28)22-27-26-21(33-22)14-7-9-17(25)10-8-14/h2,4,6-10,12,16H,3,5,11,13H2,1H3. The lowest BCUT2D eigenvalue weighted by molar-refractivity contribution is 0.0694. The molecule has 1 atom stereocenters. The third-order valence-corrected chi connectivity index (χ3v) is 5.76. The Labute approximate surface area is 187 Å². The minimum Gasteiger partial charge on any atom is -0.493 e. The number of halogens is 1. The van der Waals surface area contributed by atoms with Gasteiger partial charge in [0.2, 0.25) is 11.8 Å². The molecule has 1 aliphatic rings. The molecule has 2 aromatic carbocycles. The summed E-state index contributed by atoms with van der Waals surface area (Å²) < 4.78 is 29.6. The van der Waals surface area contributed by atoms with Gasteiger partial charge in [-0.3, -0.25) is 4.79 Å². The third kappa shape index (κ3) is 3.97. The Hall–Kier alpha value is -4.01. The van der Waals surface area contributed by atoms with Crippen LogP contribution in [0.15, 0.2) is 62.2 Å². The van der Waals surface area contributed by atoms with Crippen molar-refractivity contribution in [3.05, 3.63) is 76.2 Å². The fourth-order valence-corrected chi connectivity index (χ4v) is 4.07. The molecule has 0 bridgehead atoms. The van der Waals surface area contributed by atoms with Gasteiger partial charge in [0.15, 0.2) is 11.3 Å². The maximum atomic E-state index is 13.2. The van der Waals surface area contributed by atoms with Gasteiger partial charge in [0, 0.05) is 24.0 Å². The number of benzene rings is 2. The van der Waals surface area contributed by atoms with Crippen LogP contribution < -0.4 is 10.4 Å². The van der Waals surface area contributed by atoms with Crippen LogP contribution >= 0.6 is 0 Å². The largest absolute Gasteiger partial charge is 0.493 e. The molecule has 1 fully saturated rings. The van der Waals surface area contributed by atoms with E-state index in [-0.39, 0.29) is 23.2 Å². The number of hydrogen-bond donors (Lipinski definition) is 0. The summed E-state index contributed by atoms with van der Waals surface area (Å²) in [5.74, 6) is 0.194. The number of methoxy groups -OCH3 is 1. The van der Waals surface area contributed by atoms with E-state index in [4.69, 9.17) is 13.6 Å². The Balaban J connectivity index is 1.38. The Morgan fingerprint density at radius 2 is 1.97 bits per heavy atom. The molecule has 2 aromatic heterocycles. The molecule has 0 radical (unpaired) electrons. The first-order valence-corrected chi connectivity index (χ1v) is 10.5. The molecule has 0 spiro atoms. The van der Waals surface area contributed by atoms with E-state index in [2.05, 4.69) is 10.2 Å². The highest BCUT2D eigenvalue weighted by molar-refractivity contribution is 5.97. The summed E-state index contributed by atoms with van der Waals surface area (Å²) in [6, 6.07) is 12.5. The van der Waals surface area contributed by atoms with E-state index in [1.165, 1.54) is 25.3 Å². The van der Waals surface area contributed by atoms with E-state index in [9.17, 15) is 14.0 Å². The Kier molecular flexibility index (Phi) is 5.37. The van der Waals surface area contributed by atoms with Crippen molar-refractivity contribution >= 4 is 16.9 Å². The first-order chi connectivity index (χ1) is 16.0. The number of likely N-dealkylation sites (tertiary alicyclic amines) is 1. The van der Waals surface area contributed by atoms with Crippen LogP contribution in [-0.4, -0.2) is 41.2 Å². The average molecular weight is 449 g/mol. The molecule has 33 heavy (non-hydrogen) atoms. The molecule has 5 rings (SSSR count). The summed E-state index contributed by atoms with van der Waals surface area (Å²) in [5, 5.41) is 8.81. The van der Waals surface area contributed by atoms with Crippen LogP contribution in [0.4, 0.5) is 4.39 Å². The number of ether oxygens (including phenoxy) is 1. The fourth-order valence-electron chi connectivity index (χ4n) is 4.07. The van der Waals surface area contributed by atoms with Crippen LogP contribution in [-0.2, 0) is 0 Å². The van der Waals surface area contributed by atoms with Gasteiger partial charge < -0.3 is 18.5 Å². The van der Waals surface area contributed by atoms with E-state index >= 15 is 0 Å². The predicted octanol–water partition coefficient (Wildman–Crippen LogP) is 4.01. The molecule has 1 aliphatic heterocycles. The van der Waals surface area contributed by atoms with E-state index in [1.807, 2.05) is 0 Å². The molecular formula is C24H20FN3O5. The smallest absolute Gasteiger partial charge is 0.349 e. The minimum absolute atomic E-state index is 0.0334. The SMILES string of the molecule is COc1cccc2cc(C(=O)N3CCCC(c4nnc(-c5ccc(F)cc5)o4)C3)c(=O)oc12. The summed E-state index contributed by atoms with van der Waals surface area (Å²) in [7, 11) is 1.49. The first-order valence-electron chi connectivity index (χ1n) is 10.5. The zero-order chi connectivity index (χ0) is 22.9. The Morgan fingerprint density at radius 3 is 2.76 bits per heavy atom. The minimum atomic E-state index is -0.712. The van der Waals surface area contributed by atoms with Gasteiger partial charge in [-0.1, -0.05) is 12.1 Å². The number of fused-ring (bicyclic) bond motifs is 1. The van der Waals surface area contributed by atoms with Gasteiger partial charge >= 0.3 is 5.63 Å². The zero-order valence-corrected chi connectivity index (χ0v) is 17.8. The van der Waals surface area contributed by atoms with Gasteiger partial charge in [-0.15, -0.1) is 10.2 Å². The van der Waals surface area contributed by atoms with Crippen molar-refractivity contribution in [1.82, 2.24) is 15.1 Å². The number of carbonyl (C=O) groups is 1. The van der Waals surface area contributed by atoms with Crippen molar-refractivity contribution in [2.24, 2.45) is 0 Å². The molecule has 8 nitrogen and oxygen atoms in total. The van der Waals surface area contributed by atoms with Crippen molar-refractivity contribution in [1.29, 1.82) is 0 Å². The van der Waals surface area contributed by atoms with Gasteiger partial charge in [0.25, 0.3) is 5.91 Å². The van der Waals surface area contributed by atoms with Crippen LogP contribution in [0, 0.1) is 5.82 Å². The highest BCUT2D eigenvalue weighted by Gasteiger charge is 2.30. The number of nitrogens with zero attached hydrogens (tertiary/aromatic N) is 3. The second-order valence-corrected chi connectivity index (χ2v) is 7.87. The summed E-state index contributed by atoms with van der Waals surface area (Å²) >= 11 is 0. The number of carbonyl (C=O) groups excluding carboxylic acids is 1. The lowest BCUT2D eigenvalue weighted by Gasteiger charge is -2.30. The third-order valence-electron chi connectivity index (χ3n) is 5.76. The summed E-state index contributed by atoms with van der Waals surface area (Å²) in [5.41, 5.74) is 0.171. The number of para-hydroxylation sites is 1. The van der Waals surface area contributed by atoms with Gasteiger partial charge in [-0.2, -0.15) is 0 Å². The molecule has 168 valence electrons. The van der Waals surface area contributed by atoms with Crippen LogP contribution in [0.2, 0.25) is 0 Å². The number of piperidine rings is 1. The van der Waals surface area contributed by atoms with Crippen LogP contribution in [0.3, 0.4) is 0 Å². The normalized spacial score (nSPS) is 16.2. The number of hydrogen-bond acceptors (Lipinski definition) is 7. The van der Waals surface area contributed by atoms with E-state index in [0.717, 1.165) is 12.8 Å². The average Bonchev–Trinajstić information content (AvgIpc) is 3.34. The van der Waals surface area contributed by atoms with Gasteiger partial charge in [0.1, 0.15) is 11.4 Å². The van der Waals surface area contributed by atoms with E-state index in [1.54, 1.807) is 35.2 Å². The van der Waals surface area contributed by atoms with Crippen molar-refractivity contribution in [3.8, 4) is 17.2 Å². The fraction of sp³-hybridized carbons (Fsp3) is 0.250. The molecule has 1 unspecified atom stereocenters. The Morgan fingerprint density at radius 1 is 1.15 bits per heavy atom. The number of amides is 1. The summed E-state index contributed by atoms with van der Waals surface area (Å²) in [4.78, 5) is 27.4. The molecule has 1 amide bonds. The van der Waals surface area contributed by atoms with Gasteiger partial charge in [-0.25, -0.2) is 9.18 Å². The molecular weight excluding hydrogens is 429 g/mol. The van der Waals surface area contributed by atoms with Crippen molar-refractivity contribution in [2.75, 3.05) is 20.2 Å². The van der Waals surface area contributed by atoms with Gasteiger partial charge in [0.05, 0.1) is 13.0 Å². The maximum Gasteiger partial charge on any atom is 0.349 e. The molecule has 9 heteroatoms. The first kappa shape index (κ1) is 20.9. The lowest BCUT2D eigenvalue weighted by atomic mass is 9.97. The molecule has 1 saturated heterocycles. The van der Waals surface area contributed by atoms with Crippen LogP contribution in [0.5, 0.6) is 5.75 Å². The monoisotopic (exact) mass is 449 g/mol. The highest BCUT2D eigenvalue weighted by Crippen LogP contribution is 2.30. The quantitative estimate of drug-likeness (QED) is 0.434. The van der Waals surface area contributed by atoms with Crippen molar-refractivity contribution in [2.45, 2.75) is 18.8 Å². The molecule has 4 aromatic rings. The van der Waals surface area contributed by atoms with E-state index in [0.29, 0.717) is 41.3 Å². The molecule has 0 N–H and O–H groups in total. The Bertz CT molecular complexity index is 1380. The molecule has 3 heterocycles. The maximum absolute atomic E-state index is 13.2. The van der Waals surface area contributed by atoms with E-state index < -0.39 is 11.5 Å². The van der Waals surface area contributed by atoms with Crippen LogP contribution in [0.1, 0.15) is 35.0 Å². The molecule has 0 aliphatic carbocycles. The second-order valence-electron chi connectivity index (χ2n) is 7.87. The lowest BCUT2D eigenvalue weighted by Crippen LogP contribution is -2.40. The molecule has 0 saturated carbocycles. The zero-order valence-electron chi connectivity index (χ0n) is 17.8. The van der Waals surface area contributed by atoms with Crippen LogP contribution in [0.25, 0.3) is 22.4 Å². The summed E-state index contributed by atoms with van der Waals surface area (Å²) in [6.07, 6.45) is 1.48. The van der Waals surface area contributed by atoms with Gasteiger partial charge in [-0.05, 0) is 49.2 Å². The predicted molar refractivity (Wildman–Crippen MR) is 117 cm³/mol. The summed E-state index contributed by atoms with van der Waals surface area (Å²) in [6.45, 7) is 0.837. The highest BCUT2D eigenvalue weighted by atomic mass is 19.1. The second kappa shape index (κ2) is 8.50. The topological polar surface area (TPSA) is 98.7 Å². The number of aromatic nitrogens is 2. The van der Waals surface area contributed by atoms with Crippen molar-refractivity contribution in [3.63, 3.8) is 0 Å². The van der Waals surface area contributed by atoms with Crippen molar-refractivity contribution < 1.29 is 22.8 Å². The number of rotatable bonds is 4.